The largest absolute Gasteiger partial charge is 0.396 e. The molecule has 1 aromatic heterocycles. The Morgan fingerprint density at radius 3 is 2.60 bits per heavy atom. The maximum Gasteiger partial charge on any atom is 0.202 e. The first-order chi connectivity index (χ1) is 6.94. The topological polar surface area (TPSA) is 58.0 Å². The predicted octanol–water partition coefficient (Wildman–Crippen LogP) is 2.23. The van der Waals surface area contributed by atoms with Crippen LogP contribution in [0.4, 0.5) is 5.13 Å². The van der Waals surface area contributed by atoms with E-state index in [-0.39, 0.29) is 12.1 Å². The van der Waals surface area contributed by atoms with Crippen molar-refractivity contribution in [3.8, 4) is 0 Å². The number of hydrogen-bond donors (Lipinski definition) is 2. The Morgan fingerprint density at radius 1 is 1.47 bits per heavy atom. The molecule has 86 valence electrons. The third-order valence-electron chi connectivity index (χ3n) is 2.14. The van der Waals surface area contributed by atoms with E-state index < -0.39 is 0 Å². The summed E-state index contributed by atoms with van der Waals surface area (Å²) >= 11 is 1.38. The van der Waals surface area contributed by atoms with Gasteiger partial charge < -0.3 is 10.4 Å². The molecule has 5 heteroatoms. The summed E-state index contributed by atoms with van der Waals surface area (Å²) in [4.78, 5) is 4.39. The number of aliphatic hydroxyl groups excluding tert-OH is 1. The van der Waals surface area contributed by atoms with Crippen LogP contribution >= 0.6 is 11.5 Å². The minimum absolute atomic E-state index is 0.136. The number of aliphatic hydroxyl groups is 1. The van der Waals surface area contributed by atoms with E-state index in [4.69, 9.17) is 5.11 Å². The van der Waals surface area contributed by atoms with Crippen molar-refractivity contribution in [3.05, 3.63) is 5.82 Å². The molecule has 0 amide bonds. The molecule has 0 fully saturated rings. The molecule has 0 aliphatic carbocycles. The molecular weight excluding hydrogens is 210 g/mol. The lowest BCUT2D eigenvalue weighted by molar-refractivity contribution is 0.261. The molecule has 0 aliphatic heterocycles. The lowest BCUT2D eigenvalue weighted by Crippen LogP contribution is -2.31. The van der Waals surface area contributed by atoms with Crippen molar-refractivity contribution < 1.29 is 5.11 Å². The highest BCUT2D eigenvalue weighted by molar-refractivity contribution is 7.09. The highest BCUT2D eigenvalue weighted by atomic mass is 32.1. The van der Waals surface area contributed by atoms with Crippen LogP contribution in [-0.4, -0.2) is 26.6 Å². The van der Waals surface area contributed by atoms with Crippen LogP contribution in [0, 0.1) is 0 Å². The molecule has 1 heterocycles. The lowest BCUT2D eigenvalue weighted by atomic mass is 10.0. The average Bonchev–Trinajstić information content (AvgIpc) is 2.51. The van der Waals surface area contributed by atoms with Crippen molar-refractivity contribution in [2.24, 2.45) is 0 Å². The van der Waals surface area contributed by atoms with Gasteiger partial charge in [0.1, 0.15) is 5.82 Å². The standard InChI is InChI=1S/C10H19N3OS/c1-7(2)8-11-9(15-13-8)12-10(3,4)5-6-14/h7,14H,5-6H2,1-4H3,(H,11,12,13). The van der Waals surface area contributed by atoms with E-state index in [1.54, 1.807) is 0 Å². The van der Waals surface area contributed by atoms with Crippen molar-refractivity contribution in [2.45, 2.75) is 45.6 Å². The smallest absolute Gasteiger partial charge is 0.202 e. The zero-order valence-electron chi connectivity index (χ0n) is 9.74. The minimum Gasteiger partial charge on any atom is -0.396 e. The summed E-state index contributed by atoms with van der Waals surface area (Å²) in [6.45, 7) is 8.41. The van der Waals surface area contributed by atoms with Crippen molar-refractivity contribution in [1.82, 2.24) is 9.36 Å². The molecular formula is C10H19N3OS. The highest BCUT2D eigenvalue weighted by Gasteiger charge is 2.19. The third kappa shape index (κ3) is 3.76. The van der Waals surface area contributed by atoms with E-state index in [1.165, 1.54) is 11.5 Å². The van der Waals surface area contributed by atoms with E-state index >= 15 is 0 Å². The molecule has 0 aromatic carbocycles. The molecule has 15 heavy (non-hydrogen) atoms. The fourth-order valence-electron chi connectivity index (χ4n) is 1.15. The predicted molar refractivity (Wildman–Crippen MR) is 63.4 cm³/mol. The zero-order valence-corrected chi connectivity index (χ0v) is 10.6. The van der Waals surface area contributed by atoms with E-state index in [0.717, 1.165) is 11.0 Å². The van der Waals surface area contributed by atoms with Crippen molar-refractivity contribution in [1.29, 1.82) is 0 Å². The number of hydrogen-bond acceptors (Lipinski definition) is 5. The van der Waals surface area contributed by atoms with Crippen LogP contribution in [0.1, 0.15) is 45.9 Å². The SMILES string of the molecule is CC(C)c1nsc(NC(C)(C)CCO)n1. The average molecular weight is 229 g/mol. The molecule has 4 nitrogen and oxygen atoms in total. The van der Waals surface area contributed by atoms with Gasteiger partial charge >= 0.3 is 0 Å². The van der Waals surface area contributed by atoms with Gasteiger partial charge in [-0.05, 0) is 20.3 Å². The molecule has 0 atom stereocenters. The molecule has 0 aliphatic rings. The van der Waals surface area contributed by atoms with E-state index in [1.807, 2.05) is 13.8 Å². The number of nitrogens with zero attached hydrogens (tertiary/aromatic N) is 2. The van der Waals surface area contributed by atoms with Gasteiger partial charge in [-0.3, -0.25) is 0 Å². The number of anilines is 1. The quantitative estimate of drug-likeness (QED) is 0.813. The van der Waals surface area contributed by atoms with Crippen LogP contribution in [0.2, 0.25) is 0 Å². The third-order valence-corrected chi connectivity index (χ3v) is 2.78. The normalized spacial score (nSPS) is 12.1. The van der Waals surface area contributed by atoms with E-state index in [0.29, 0.717) is 12.3 Å². The van der Waals surface area contributed by atoms with Gasteiger partial charge in [0.2, 0.25) is 5.13 Å². The van der Waals surface area contributed by atoms with Crippen LogP contribution in [-0.2, 0) is 0 Å². The van der Waals surface area contributed by atoms with Crippen molar-refractivity contribution in [2.75, 3.05) is 11.9 Å². The zero-order chi connectivity index (χ0) is 11.5. The molecule has 0 bridgehead atoms. The lowest BCUT2D eigenvalue weighted by Gasteiger charge is -2.24. The first kappa shape index (κ1) is 12.4. The fraction of sp³-hybridized carbons (Fsp3) is 0.800. The van der Waals surface area contributed by atoms with Gasteiger partial charge in [0.05, 0.1) is 0 Å². The summed E-state index contributed by atoms with van der Waals surface area (Å²) in [5, 5.41) is 13.0. The Balaban J connectivity index is 2.64. The van der Waals surface area contributed by atoms with Crippen molar-refractivity contribution in [3.63, 3.8) is 0 Å². The Bertz CT molecular complexity index is 309. The number of nitrogens with one attached hydrogen (secondary N) is 1. The Morgan fingerprint density at radius 2 is 2.13 bits per heavy atom. The van der Waals surface area contributed by atoms with Crippen LogP contribution in [0.15, 0.2) is 0 Å². The van der Waals surface area contributed by atoms with Crippen LogP contribution in [0.25, 0.3) is 0 Å². The maximum absolute atomic E-state index is 8.90. The van der Waals surface area contributed by atoms with E-state index in [9.17, 15) is 0 Å². The van der Waals surface area contributed by atoms with Gasteiger partial charge in [-0.1, -0.05) is 13.8 Å². The second-order valence-electron chi connectivity index (χ2n) is 4.59. The van der Waals surface area contributed by atoms with Crippen LogP contribution in [0.3, 0.4) is 0 Å². The molecule has 0 saturated carbocycles. The summed E-state index contributed by atoms with van der Waals surface area (Å²) in [6, 6.07) is 0. The summed E-state index contributed by atoms with van der Waals surface area (Å²) < 4.78 is 4.27. The number of aromatic nitrogens is 2. The van der Waals surface area contributed by atoms with Crippen molar-refractivity contribution >= 4 is 16.7 Å². The number of rotatable bonds is 5. The minimum atomic E-state index is -0.136. The van der Waals surface area contributed by atoms with Gasteiger partial charge in [0, 0.05) is 29.6 Å². The molecule has 0 spiro atoms. The molecule has 2 N–H and O–H groups in total. The Kier molecular flexibility index (Phi) is 4.04. The molecule has 0 saturated heterocycles. The fourth-order valence-corrected chi connectivity index (χ4v) is 2.04. The second kappa shape index (κ2) is 4.90. The summed E-state index contributed by atoms with van der Waals surface area (Å²) in [5.74, 6) is 1.24. The molecule has 0 unspecified atom stereocenters. The first-order valence-corrected chi connectivity index (χ1v) is 5.94. The van der Waals surface area contributed by atoms with Crippen LogP contribution in [0.5, 0.6) is 0 Å². The first-order valence-electron chi connectivity index (χ1n) is 5.17. The molecule has 1 aromatic rings. The maximum atomic E-state index is 8.90. The van der Waals surface area contributed by atoms with Gasteiger partial charge in [-0.25, -0.2) is 4.98 Å². The molecule has 1 rings (SSSR count). The second-order valence-corrected chi connectivity index (χ2v) is 5.35. The Hall–Kier alpha value is -0.680. The van der Waals surface area contributed by atoms with Gasteiger partial charge in [-0.2, -0.15) is 4.37 Å². The highest BCUT2D eigenvalue weighted by Crippen LogP contribution is 2.22. The van der Waals surface area contributed by atoms with Crippen LogP contribution < -0.4 is 5.32 Å². The summed E-state index contributed by atoms with van der Waals surface area (Å²) in [6.07, 6.45) is 0.698. The van der Waals surface area contributed by atoms with Gasteiger partial charge in [0.15, 0.2) is 0 Å². The molecule has 0 radical (unpaired) electrons. The monoisotopic (exact) mass is 229 g/mol. The summed E-state index contributed by atoms with van der Waals surface area (Å²) in [7, 11) is 0. The van der Waals surface area contributed by atoms with Gasteiger partial charge in [-0.15, -0.1) is 0 Å². The van der Waals surface area contributed by atoms with E-state index in [2.05, 4.69) is 28.5 Å². The Labute approximate surface area is 94.9 Å². The van der Waals surface area contributed by atoms with Gasteiger partial charge in [0.25, 0.3) is 0 Å². The summed E-state index contributed by atoms with van der Waals surface area (Å²) in [5.41, 5.74) is -0.136.